The molecule has 0 atom stereocenters. The predicted octanol–water partition coefficient (Wildman–Crippen LogP) is 4.55. The minimum atomic E-state index is 0.937. The number of H-pyrrole nitrogens is 1. The number of allylic oxidation sites excluding steroid dienone is 1. The molecule has 0 bridgehead atoms. The minimum absolute atomic E-state index is 0.937. The van der Waals surface area contributed by atoms with Gasteiger partial charge in [-0.3, -0.25) is 0 Å². The second-order valence-corrected chi connectivity index (χ2v) is 5.45. The number of aryl methyl sites for hydroxylation is 1. The molecule has 0 amide bonds. The second-order valence-electron chi connectivity index (χ2n) is 5.45. The molecule has 1 aliphatic rings. The van der Waals surface area contributed by atoms with Crippen LogP contribution in [0.1, 0.15) is 23.2 Å². The number of ether oxygens (including phenoxy) is 1. The quantitative estimate of drug-likeness (QED) is 0.729. The van der Waals surface area contributed by atoms with Crippen LogP contribution in [-0.2, 0) is 6.42 Å². The smallest absolute Gasteiger partial charge is 0.119 e. The summed E-state index contributed by atoms with van der Waals surface area (Å²) in [6.45, 7) is 0. The van der Waals surface area contributed by atoms with Gasteiger partial charge < -0.3 is 9.72 Å². The van der Waals surface area contributed by atoms with E-state index >= 15 is 0 Å². The maximum absolute atomic E-state index is 5.34. The molecule has 1 aliphatic carbocycles. The Morgan fingerprint density at radius 2 is 1.95 bits per heavy atom. The fourth-order valence-corrected chi connectivity index (χ4v) is 3.12. The number of para-hydroxylation sites is 1. The molecule has 1 heterocycles. The lowest BCUT2D eigenvalue weighted by molar-refractivity contribution is 0.414. The molecular weight excluding hydrogens is 258 g/mol. The zero-order chi connectivity index (χ0) is 14.2. The zero-order valence-corrected chi connectivity index (χ0v) is 12.0. The maximum atomic E-state index is 5.34. The molecule has 0 radical (unpaired) electrons. The van der Waals surface area contributed by atoms with E-state index in [0.717, 1.165) is 18.6 Å². The Balaban J connectivity index is 1.84. The second kappa shape index (κ2) is 4.81. The predicted molar refractivity (Wildman–Crippen MR) is 86.7 cm³/mol. The molecule has 0 unspecified atom stereocenters. The van der Waals surface area contributed by atoms with Crippen molar-refractivity contribution < 1.29 is 4.74 Å². The summed E-state index contributed by atoms with van der Waals surface area (Å²) in [5, 5.41) is 1.26. The van der Waals surface area contributed by atoms with E-state index in [4.69, 9.17) is 4.74 Å². The van der Waals surface area contributed by atoms with E-state index in [1.165, 1.54) is 33.3 Å². The molecular formula is C19H17NO. The molecule has 0 saturated carbocycles. The van der Waals surface area contributed by atoms with Gasteiger partial charge in [-0.05, 0) is 48.2 Å². The molecule has 104 valence electrons. The van der Waals surface area contributed by atoms with Gasteiger partial charge in [0, 0.05) is 22.2 Å². The molecule has 4 rings (SSSR count). The SMILES string of the molecule is COc1ccc2c(c1)CCC=C2c1cc2ccccc2[nH]1. The van der Waals surface area contributed by atoms with E-state index < -0.39 is 0 Å². The molecule has 0 fully saturated rings. The molecule has 0 aliphatic heterocycles. The van der Waals surface area contributed by atoms with Gasteiger partial charge in [-0.2, -0.15) is 0 Å². The van der Waals surface area contributed by atoms with Gasteiger partial charge in [-0.25, -0.2) is 0 Å². The first-order chi connectivity index (χ1) is 10.3. The lowest BCUT2D eigenvalue weighted by Gasteiger charge is -2.18. The first-order valence-corrected chi connectivity index (χ1v) is 7.31. The topological polar surface area (TPSA) is 25.0 Å². The highest BCUT2D eigenvalue weighted by atomic mass is 16.5. The van der Waals surface area contributed by atoms with Crippen LogP contribution in [0.2, 0.25) is 0 Å². The van der Waals surface area contributed by atoms with Crippen molar-refractivity contribution in [3.05, 3.63) is 71.4 Å². The lowest BCUT2D eigenvalue weighted by Crippen LogP contribution is -2.01. The van der Waals surface area contributed by atoms with Crippen molar-refractivity contribution >= 4 is 16.5 Å². The van der Waals surface area contributed by atoms with Gasteiger partial charge in [0.2, 0.25) is 0 Å². The van der Waals surface area contributed by atoms with Gasteiger partial charge in [-0.1, -0.05) is 30.3 Å². The average molecular weight is 275 g/mol. The summed E-state index contributed by atoms with van der Waals surface area (Å²) < 4.78 is 5.34. The van der Waals surface area contributed by atoms with Crippen LogP contribution < -0.4 is 4.74 Å². The van der Waals surface area contributed by atoms with Crippen molar-refractivity contribution in [2.45, 2.75) is 12.8 Å². The lowest BCUT2D eigenvalue weighted by atomic mass is 9.89. The normalized spacial score (nSPS) is 13.9. The summed E-state index contributed by atoms with van der Waals surface area (Å²) in [7, 11) is 1.72. The number of nitrogens with one attached hydrogen (secondary N) is 1. The van der Waals surface area contributed by atoms with Gasteiger partial charge in [0.15, 0.2) is 0 Å². The summed E-state index contributed by atoms with van der Waals surface area (Å²) in [5.41, 5.74) is 6.37. The van der Waals surface area contributed by atoms with Crippen molar-refractivity contribution in [1.82, 2.24) is 4.98 Å². The van der Waals surface area contributed by atoms with Gasteiger partial charge in [-0.15, -0.1) is 0 Å². The van der Waals surface area contributed by atoms with Crippen molar-refractivity contribution in [2.24, 2.45) is 0 Å². The van der Waals surface area contributed by atoms with E-state index in [-0.39, 0.29) is 0 Å². The van der Waals surface area contributed by atoms with Crippen molar-refractivity contribution in [3.63, 3.8) is 0 Å². The molecule has 2 nitrogen and oxygen atoms in total. The highest BCUT2D eigenvalue weighted by Gasteiger charge is 2.16. The Morgan fingerprint density at radius 3 is 2.81 bits per heavy atom. The molecule has 0 spiro atoms. The van der Waals surface area contributed by atoms with Crippen molar-refractivity contribution in [1.29, 1.82) is 0 Å². The monoisotopic (exact) mass is 275 g/mol. The Hall–Kier alpha value is -2.48. The fraction of sp³-hybridized carbons (Fsp3) is 0.158. The summed E-state index contributed by atoms with van der Waals surface area (Å²) in [4.78, 5) is 3.54. The Labute approximate surface area is 124 Å². The van der Waals surface area contributed by atoms with Crippen LogP contribution in [0.25, 0.3) is 16.5 Å². The highest BCUT2D eigenvalue weighted by molar-refractivity contribution is 5.89. The van der Waals surface area contributed by atoms with E-state index in [1.54, 1.807) is 7.11 Å². The average Bonchev–Trinajstić information content (AvgIpc) is 2.97. The summed E-state index contributed by atoms with van der Waals surface area (Å²) >= 11 is 0. The number of aromatic nitrogens is 1. The zero-order valence-electron chi connectivity index (χ0n) is 12.0. The number of hydrogen-bond donors (Lipinski definition) is 1. The number of aromatic amines is 1. The van der Waals surface area contributed by atoms with Crippen LogP contribution in [0.5, 0.6) is 5.75 Å². The summed E-state index contributed by atoms with van der Waals surface area (Å²) in [6, 6.07) is 17.0. The van der Waals surface area contributed by atoms with Gasteiger partial charge in [0.05, 0.1) is 7.11 Å². The molecule has 2 aromatic carbocycles. The van der Waals surface area contributed by atoms with Gasteiger partial charge in [0.25, 0.3) is 0 Å². The van der Waals surface area contributed by atoms with Crippen LogP contribution in [0.15, 0.2) is 54.6 Å². The van der Waals surface area contributed by atoms with E-state index in [2.05, 4.69) is 53.5 Å². The number of fused-ring (bicyclic) bond motifs is 2. The van der Waals surface area contributed by atoms with Crippen LogP contribution >= 0.6 is 0 Å². The largest absolute Gasteiger partial charge is 0.497 e. The van der Waals surface area contributed by atoms with Crippen LogP contribution in [-0.4, -0.2) is 12.1 Å². The molecule has 1 N–H and O–H groups in total. The molecule has 0 saturated heterocycles. The Bertz CT molecular complexity index is 809. The third-order valence-corrected chi connectivity index (χ3v) is 4.18. The van der Waals surface area contributed by atoms with Crippen LogP contribution in [0.3, 0.4) is 0 Å². The summed E-state index contributed by atoms with van der Waals surface area (Å²) in [6.07, 6.45) is 4.49. The number of benzene rings is 2. The van der Waals surface area contributed by atoms with Gasteiger partial charge in [0.1, 0.15) is 5.75 Å². The third kappa shape index (κ3) is 2.04. The van der Waals surface area contributed by atoms with E-state index in [0.29, 0.717) is 0 Å². The summed E-state index contributed by atoms with van der Waals surface area (Å²) in [5.74, 6) is 0.937. The van der Waals surface area contributed by atoms with E-state index in [1.807, 2.05) is 6.07 Å². The van der Waals surface area contributed by atoms with Gasteiger partial charge >= 0.3 is 0 Å². The number of rotatable bonds is 2. The van der Waals surface area contributed by atoms with Crippen molar-refractivity contribution in [2.75, 3.05) is 7.11 Å². The minimum Gasteiger partial charge on any atom is -0.497 e. The third-order valence-electron chi connectivity index (χ3n) is 4.18. The first-order valence-electron chi connectivity index (χ1n) is 7.31. The molecule has 2 heteroatoms. The van der Waals surface area contributed by atoms with E-state index in [9.17, 15) is 0 Å². The molecule has 21 heavy (non-hydrogen) atoms. The first kappa shape index (κ1) is 12.3. The molecule has 3 aromatic rings. The van der Waals surface area contributed by atoms with Crippen molar-refractivity contribution in [3.8, 4) is 5.75 Å². The van der Waals surface area contributed by atoms with Crippen LogP contribution in [0, 0.1) is 0 Å². The number of methoxy groups -OCH3 is 1. The maximum Gasteiger partial charge on any atom is 0.119 e. The fourth-order valence-electron chi connectivity index (χ4n) is 3.12. The molecule has 1 aromatic heterocycles. The Morgan fingerprint density at radius 1 is 1.05 bits per heavy atom. The standard InChI is InChI=1S/C19H17NO/c1-21-15-9-10-16-13(11-15)6-4-7-17(16)19-12-14-5-2-3-8-18(14)20-19/h2-3,5,7-12,20H,4,6H2,1H3. The number of hydrogen-bond acceptors (Lipinski definition) is 1. The van der Waals surface area contributed by atoms with Crippen LogP contribution in [0.4, 0.5) is 0 Å². The Kier molecular flexibility index (Phi) is 2.81. The highest BCUT2D eigenvalue weighted by Crippen LogP contribution is 2.34.